The Kier molecular flexibility index (Phi) is 5.68. The summed E-state index contributed by atoms with van der Waals surface area (Å²) >= 11 is 12.8. The summed E-state index contributed by atoms with van der Waals surface area (Å²) in [6, 6.07) is 6.95. The second-order valence-corrected chi connectivity index (χ2v) is 7.16. The minimum absolute atomic E-state index is 0.0396. The molecule has 5 nitrogen and oxygen atoms in total. The maximum absolute atomic E-state index is 13.4. The lowest BCUT2D eigenvalue weighted by molar-refractivity contribution is -0.134. The van der Waals surface area contributed by atoms with Crippen LogP contribution in [0.2, 0.25) is 10.0 Å². The lowest BCUT2D eigenvalue weighted by atomic mass is 9.87. The summed E-state index contributed by atoms with van der Waals surface area (Å²) in [5, 5.41) is 5.33. The summed E-state index contributed by atoms with van der Waals surface area (Å²) in [7, 11) is 0. The van der Waals surface area contributed by atoms with Crippen molar-refractivity contribution in [1.82, 2.24) is 14.7 Å². The predicted molar refractivity (Wildman–Crippen MR) is 106 cm³/mol. The normalized spacial score (nSPS) is 19.0. The van der Waals surface area contributed by atoms with E-state index in [0.717, 1.165) is 17.7 Å². The number of aromatic nitrogens is 2. The van der Waals surface area contributed by atoms with Crippen LogP contribution in [0.4, 0.5) is 5.82 Å². The SMILES string of the molecule is CCCN(CC)C(=O)C1C(C)=Nc2ccnn2C1c1cccc(Cl)c1Cl. The van der Waals surface area contributed by atoms with Crippen molar-refractivity contribution in [2.24, 2.45) is 10.9 Å². The second-order valence-electron chi connectivity index (χ2n) is 6.37. The van der Waals surface area contributed by atoms with Gasteiger partial charge in [-0.15, -0.1) is 0 Å². The zero-order valence-electron chi connectivity index (χ0n) is 15.1. The molecule has 0 saturated heterocycles. The third kappa shape index (κ3) is 3.26. The van der Waals surface area contributed by atoms with Crippen molar-refractivity contribution in [1.29, 1.82) is 0 Å². The number of aliphatic imine (C=N–C) groups is 1. The number of amides is 1. The molecule has 0 fully saturated rings. The molecule has 0 bridgehead atoms. The van der Waals surface area contributed by atoms with Gasteiger partial charge in [0.05, 0.1) is 22.3 Å². The highest BCUT2D eigenvalue weighted by Crippen LogP contribution is 2.41. The Morgan fingerprint density at radius 3 is 2.73 bits per heavy atom. The van der Waals surface area contributed by atoms with Crippen LogP contribution in [0.25, 0.3) is 0 Å². The van der Waals surface area contributed by atoms with Gasteiger partial charge in [0.2, 0.25) is 5.91 Å². The van der Waals surface area contributed by atoms with Crippen molar-refractivity contribution in [2.45, 2.75) is 33.2 Å². The summed E-state index contributed by atoms with van der Waals surface area (Å²) in [4.78, 5) is 19.8. The molecule has 0 N–H and O–H groups in total. The van der Waals surface area contributed by atoms with E-state index in [1.807, 2.05) is 36.9 Å². The number of benzene rings is 1. The van der Waals surface area contributed by atoms with Gasteiger partial charge in [0, 0.05) is 24.9 Å². The Morgan fingerprint density at radius 1 is 1.27 bits per heavy atom. The number of hydrogen-bond acceptors (Lipinski definition) is 3. The Morgan fingerprint density at radius 2 is 2.04 bits per heavy atom. The van der Waals surface area contributed by atoms with Gasteiger partial charge in [-0.3, -0.25) is 4.79 Å². The number of rotatable bonds is 5. The molecule has 0 spiro atoms. The van der Waals surface area contributed by atoms with Crippen molar-refractivity contribution in [2.75, 3.05) is 13.1 Å². The maximum Gasteiger partial charge on any atom is 0.233 e. The van der Waals surface area contributed by atoms with Crippen LogP contribution in [0.1, 0.15) is 38.8 Å². The van der Waals surface area contributed by atoms with Gasteiger partial charge in [0.25, 0.3) is 0 Å². The third-order valence-corrected chi connectivity index (χ3v) is 5.56. The van der Waals surface area contributed by atoms with Gasteiger partial charge in [-0.05, 0) is 31.9 Å². The predicted octanol–water partition coefficient (Wildman–Crippen LogP) is 4.76. The first kappa shape index (κ1) is 18.9. The average Bonchev–Trinajstić information content (AvgIpc) is 3.08. The Labute approximate surface area is 163 Å². The highest BCUT2D eigenvalue weighted by molar-refractivity contribution is 6.42. The number of nitrogens with zero attached hydrogens (tertiary/aromatic N) is 4. The molecule has 1 aliphatic rings. The Balaban J connectivity index is 2.14. The van der Waals surface area contributed by atoms with Gasteiger partial charge >= 0.3 is 0 Å². The molecule has 1 aromatic heterocycles. The number of halogens is 2. The zero-order chi connectivity index (χ0) is 18.8. The summed E-state index contributed by atoms with van der Waals surface area (Å²) in [6.07, 6.45) is 2.59. The fraction of sp³-hybridized carbons (Fsp3) is 0.421. The highest BCUT2D eigenvalue weighted by atomic mass is 35.5. The molecular weight excluding hydrogens is 371 g/mol. The molecule has 1 aliphatic heterocycles. The van der Waals surface area contributed by atoms with E-state index < -0.39 is 5.92 Å². The van der Waals surface area contributed by atoms with Crippen molar-refractivity contribution in [3.8, 4) is 0 Å². The van der Waals surface area contributed by atoms with Crippen molar-refractivity contribution in [3.63, 3.8) is 0 Å². The molecule has 2 atom stereocenters. The van der Waals surface area contributed by atoms with Gasteiger partial charge in [-0.25, -0.2) is 9.67 Å². The molecule has 0 radical (unpaired) electrons. The number of hydrogen-bond donors (Lipinski definition) is 0. The molecule has 26 heavy (non-hydrogen) atoms. The minimum atomic E-state index is -0.468. The van der Waals surface area contributed by atoms with Gasteiger partial charge in [0.15, 0.2) is 5.82 Å². The van der Waals surface area contributed by atoms with Crippen molar-refractivity contribution < 1.29 is 4.79 Å². The van der Waals surface area contributed by atoms with Gasteiger partial charge < -0.3 is 4.90 Å². The van der Waals surface area contributed by atoms with Crippen molar-refractivity contribution >= 4 is 40.6 Å². The molecule has 0 aliphatic carbocycles. The molecular formula is C19H22Cl2N4O. The standard InChI is InChI=1S/C19H22Cl2N4O/c1-4-11-24(5-2)19(26)16-12(3)23-15-9-10-22-25(15)18(16)13-7-6-8-14(20)17(13)21/h6-10,16,18H,4-5,11H2,1-3H3. The van der Waals surface area contributed by atoms with Crippen LogP contribution in [0.5, 0.6) is 0 Å². The van der Waals surface area contributed by atoms with Crippen LogP contribution >= 0.6 is 23.2 Å². The average molecular weight is 393 g/mol. The fourth-order valence-corrected chi connectivity index (χ4v) is 3.91. The summed E-state index contributed by atoms with van der Waals surface area (Å²) in [5.74, 6) is 0.286. The molecule has 3 rings (SSSR count). The highest BCUT2D eigenvalue weighted by Gasteiger charge is 2.40. The largest absolute Gasteiger partial charge is 0.342 e. The van der Waals surface area contributed by atoms with E-state index in [1.54, 1.807) is 16.9 Å². The van der Waals surface area contributed by atoms with Crippen molar-refractivity contribution in [3.05, 3.63) is 46.1 Å². The monoisotopic (exact) mass is 392 g/mol. The lowest BCUT2D eigenvalue weighted by Gasteiger charge is -2.35. The van der Waals surface area contributed by atoms with Crippen LogP contribution in [0.15, 0.2) is 35.5 Å². The van der Waals surface area contributed by atoms with E-state index in [2.05, 4.69) is 17.0 Å². The van der Waals surface area contributed by atoms with Gasteiger partial charge in [-0.1, -0.05) is 42.3 Å². The molecule has 1 amide bonds. The molecule has 2 aromatic rings. The van der Waals surface area contributed by atoms with E-state index in [0.29, 0.717) is 29.0 Å². The summed E-state index contributed by atoms with van der Waals surface area (Å²) in [5.41, 5.74) is 1.54. The van der Waals surface area contributed by atoms with Gasteiger partial charge in [-0.2, -0.15) is 5.10 Å². The maximum atomic E-state index is 13.4. The Bertz CT molecular complexity index is 846. The number of carbonyl (C=O) groups is 1. The van der Waals surface area contributed by atoms with Gasteiger partial charge in [0.1, 0.15) is 5.92 Å². The van der Waals surface area contributed by atoms with Crippen LogP contribution in [-0.2, 0) is 4.79 Å². The quantitative estimate of drug-likeness (QED) is 0.736. The first-order chi connectivity index (χ1) is 12.5. The van der Waals surface area contributed by atoms with Crippen LogP contribution < -0.4 is 0 Å². The molecule has 1 aromatic carbocycles. The van der Waals surface area contributed by atoms with E-state index >= 15 is 0 Å². The molecule has 2 heterocycles. The van der Waals surface area contributed by atoms with E-state index in [1.165, 1.54) is 0 Å². The fourth-order valence-electron chi connectivity index (χ4n) is 3.49. The van der Waals surface area contributed by atoms with Crippen LogP contribution in [0, 0.1) is 5.92 Å². The Hall–Kier alpha value is -1.85. The van der Waals surface area contributed by atoms with Crippen LogP contribution in [0.3, 0.4) is 0 Å². The summed E-state index contributed by atoms with van der Waals surface area (Å²) in [6.45, 7) is 7.31. The van der Waals surface area contributed by atoms with E-state index in [4.69, 9.17) is 23.2 Å². The lowest BCUT2D eigenvalue weighted by Crippen LogP contribution is -2.45. The smallest absolute Gasteiger partial charge is 0.233 e. The molecule has 138 valence electrons. The third-order valence-electron chi connectivity index (χ3n) is 4.72. The minimum Gasteiger partial charge on any atom is -0.342 e. The second kappa shape index (κ2) is 7.80. The summed E-state index contributed by atoms with van der Waals surface area (Å²) < 4.78 is 1.77. The molecule has 0 saturated carbocycles. The zero-order valence-corrected chi connectivity index (χ0v) is 16.6. The number of carbonyl (C=O) groups excluding carboxylic acids is 1. The molecule has 7 heteroatoms. The number of fused-ring (bicyclic) bond motifs is 1. The van der Waals surface area contributed by atoms with E-state index in [-0.39, 0.29) is 11.9 Å². The topological polar surface area (TPSA) is 50.5 Å². The first-order valence-corrected chi connectivity index (χ1v) is 9.56. The molecule has 2 unspecified atom stereocenters. The van der Waals surface area contributed by atoms with Crippen LogP contribution in [-0.4, -0.2) is 39.4 Å². The first-order valence-electron chi connectivity index (χ1n) is 8.80. The van der Waals surface area contributed by atoms with E-state index in [9.17, 15) is 4.79 Å².